The van der Waals surface area contributed by atoms with Crippen LogP contribution in [0.5, 0.6) is 0 Å². The molecule has 1 unspecified atom stereocenters. The van der Waals surface area contributed by atoms with Crippen molar-refractivity contribution in [3.63, 3.8) is 0 Å². The molecular formula is C32H34F4N4O6. The number of allylic oxidation sites excluding steroid dienone is 1. The van der Waals surface area contributed by atoms with Crippen molar-refractivity contribution in [1.82, 2.24) is 20.4 Å². The number of halogens is 4. The molecule has 0 spiro atoms. The van der Waals surface area contributed by atoms with Crippen LogP contribution in [0.15, 0.2) is 59.8 Å². The van der Waals surface area contributed by atoms with Crippen LogP contribution in [-0.2, 0) is 35.8 Å². The molecule has 2 saturated heterocycles. The molecule has 3 aliphatic rings. The molecule has 14 heteroatoms. The molecule has 2 aromatic carbocycles. The van der Waals surface area contributed by atoms with Gasteiger partial charge in [0.05, 0.1) is 17.2 Å². The zero-order valence-electron chi connectivity index (χ0n) is 25.4. The number of hydroxylamine groups is 1. The molecule has 0 bridgehead atoms. The van der Waals surface area contributed by atoms with E-state index in [1.165, 1.54) is 30.9 Å². The van der Waals surface area contributed by atoms with E-state index >= 15 is 4.39 Å². The van der Waals surface area contributed by atoms with Gasteiger partial charge in [0.1, 0.15) is 12.4 Å². The lowest BCUT2D eigenvalue weighted by molar-refractivity contribution is -0.242. The largest absolute Gasteiger partial charge is 0.493 e. The van der Waals surface area contributed by atoms with Gasteiger partial charge in [0.25, 0.3) is 5.91 Å². The highest BCUT2D eigenvalue weighted by Gasteiger charge is 2.45. The van der Waals surface area contributed by atoms with Crippen molar-refractivity contribution in [3.8, 4) is 0 Å². The maximum absolute atomic E-state index is 15.0. The van der Waals surface area contributed by atoms with Crippen LogP contribution in [0, 0.1) is 11.7 Å². The smallest absolute Gasteiger partial charge is 0.381 e. The molecule has 10 nitrogen and oxygen atoms in total. The Morgan fingerprint density at radius 3 is 2.41 bits per heavy atom. The molecule has 0 saturated carbocycles. The van der Waals surface area contributed by atoms with Gasteiger partial charge in [-0.1, -0.05) is 36.4 Å². The number of hydrazine groups is 1. The molecule has 2 fully saturated rings. The molecule has 46 heavy (non-hydrogen) atoms. The lowest BCUT2D eigenvalue weighted by Gasteiger charge is -2.44. The van der Waals surface area contributed by atoms with Crippen LogP contribution < -0.4 is 5.43 Å². The topological polar surface area (TPSA) is 108 Å². The summed E-state index contributed by atoms with van der Waals surface area (Å²) < 4.78 is 59.4. The zero-order chi connectivity index (χ0) is 33.2. The fourth-order valence-corrected chi connectivity index (χ4v) is 6.01. The number of ether oxygens (including phenoxy) is 1. The number of carbonyl (C=O) groups excluding carboxylic acids is 4. The lowest BCUT2D eigenvalue weighted by atomic mass is 9.73. The van der Waals surface area contributed by atoms with Gasteiger partial charge in [0.15, 0.2) is 0 Å². The highest BCUT2D eigenvalue weighted by Crippen LogP contribution is 2.36. The Bertz CT molecular complexity index is 1540. The molecule has 5 rings (SSSR count). The molecule has 3 amide bonds. The Kier molecular flexibility index (Phi) is 9.38. The number of rotatable bonds is 7. The second-order valence-electron chi connectivity index (χ2n) is 11.8. The van der Waals surface area contributed by atoms with E-state index in [2.05, 4.69) is 10.3 Å². The second-order valence-corrected chi connectivity index (χ2v) is 11.8. The van der Waals surface area contributed by atoms with E-state index in [1.54, 1.807) is 4.90 Å². The number of hydrogen-bond donors (Lipinski definition) is 1. The molecule has 3 aliphatic heterocycles. The number of hydrogen-bond acceptors (Lipinski definition) is 7. The number of piperazine rings is 1. The minimum Gasteiger partial charge on any atom is -0.381 e. The van der Waals surface area contributed by atoms with Gasteiger partial charge in [0.2, 0.25) is 11.8 Å². The number of carbonyl (C=O) groups is 4. The summed E-state index contributed by atoms with van der Waals surface area (Å²) in [4.78, 5) is 58.1. The first-order valence-electron chi connectivity index (χ1n) is 14.9. The molecule has 1 atom stereocenters. The van der Waals surface area contributed by atoms with E-state index < -0.39 is 35.7 Å². The predicted octanol–water partition coefficient (Wildman–Crippen LogP) is 3.68. The van der Waals surface area contributed by atoms with Gasteiger partial charge in [-0.3, -0.25) is 14.4 Å². The molecule has 3 heterocycles. The SMILES string of the molecule is CC1=C(Cc2ccc(F)c(C(=O)N3CCN(CC4(c5ccccc5)CCOCC4)C(=O)C3)c2)N(OC(=O)C(F)(F)F)NC(=O)C1C. The van der Waals surface area contributed by atoms with Gasteiger partial charge >= 0.3 is 12.1 Å². The van der Waals surface area contributed by atoms with Crippen molar-refractivity contribution in [2.75, 3.05) is 39.4 Å². The Balaban J connectivity index is 1.31. The maximum Gasteiger partial charge on any atom is 0.493 e. The highest BCUT2D eigenvalue weighted by atomic mass is 19.4. The van der Waals surface area contributed by atoms with Gasteiger partial charge in [-0.15, -0.1) is 5.17 Å². The first-order chi connectivity index (χ1) is 21.8. The average Bonchev–Trinajstić information content (AvgIpc) is 3.03. The van der Waals surface area contributed by atoms with Gasteiger partial charge in [-0.25, -0.2) is 14.6 Å². The van der Waals surface area contributed by atoms with Crippen LogP contribution in [0.25, 0.3) is 0 Å². The quantitative estimate of drug-likeness (QED) is 0.458. The highest BCUT2D eigenvalue weighted by molar-refractivity contribution is 5.97. The molecule has 246 valence electrons. The summed E-state index contributed by atoms with van der Waals surface area (Å²) in [6, 6.07) is 13.6. The first-order valence-corrected chi connectivity index (χ1v) is 14.9. The fraction of sp³-hybridized carbons (Fsp3) is 0.438. The van der Waals surface area contributed by atoms with Crippen molar-refractivity contribution in [2.24, 2.45) is 5.92 Å². The fourth-order valence-electron chi connectivity index (χ4n) is 6.01. The standard InChI is InChI=1S/C32H34F4N4O6/c1-20-21(2)28(42)37-40(46-30(44)32(34,35)36)26(20)17-22-8-9-25(33)24(16-22)29(43)38-12-13-39(27(41)18-38)19-31(10-14-45-15-11-31)23-6-4-3-5-7-23/h3-9,16,21H,10-15,17-19H2,1-2H3,(H,37,42). The van der Waals surface area contributed by atoms with Crippen LogP contribution in [0.4, 0.5) is 17.6 Å². The van der Waals surface area contributed by atoms with Gasteiger partial charge in [-0.05, 0) is 55.5 Å². The Morgan fingerprint density at radius 2 is 1.76 bits per heavy atom. The van der Waals surface area contributed by atoms with Gasteiger partial charge < -0.3 is 19.4 Å². The van der Waals surface area contributed by atoms with Crippen molar-refractivity contribution in [3.05, 3.63) is 82.3 Å². The van der Waals surface area contributed by atoms with E-state index in [9.17, 15) is 32.3 Å². The summed E-state index contributed by atoms with van der Waals surface area (Å²) in [6.45, 7) is 4.80. The third kappa shape index (κ3) is 6.86. The summed E-state index contributed by atoms with van der Waals surface area (Å²) in [6.07, 6.45) is -4.05. The van der Waals surface area contributed by atoms with Crippen LogP contribution in [0.1, 0.15) is 48.2 Å². The average molecular weight is 647 g/mol. The van der Waals surface area contributed by atoms with Gasteiger partial charge in [0, 0.05) is 44.7 Å². The number of nitrogens with zero attached hydrogens (tertiary/aromatic N) is 3. The van der Waals surface area contributed by atoms with Gasteiger partial charge in [-0.2, -0.15) is 13.2 Å². The van der Waals surface area contributed by atoms with Crippen LogP contribution in [-0.4, -0.2) is 84.2 Å². The number of amides is 3. The van der Waals surface area contributed by atoms with Crippen molar-refractivity contribution < 1.29 is 46.3 Å². The minimum absolute atomic E-state index is 0.0129. The van der Waals surface area contributed by atoms with Crippen molar-refractivity contribution >= 4 is 23.7 Å². The predicted molar refractivity (Wildman–Crippen MR) is 155 cm³/mol. The van der Waals surface area contributed by atoms with Crippen LogP contribution >= 0.6 is 0 Å². The molecule has 0 radical (unpaired) electrons. The summed E-state index contributed by atoms with van der Waals surface area (Å²) >= 11 is 0. The first kappa shape index (κ1) is 32.9. The van der Waals surface area contributed by atoms with Crippen molar-refractivity contribution in [1.29, 1.82) is 0 Å². The Labute approximate surface area is 262 Å². The molecule has 2 aromatic rings. The summed E-state index contributed by atoms with van der Waals surface area (Å²) in [5, 5.41) is 0.358. The van der Waals surface area contributed by atoms with E-state index in [4.69, 9.17) is 4.74 Å². The Morgan fingerprint density at radius 1 is 1.07 bits per heavy atom. The number of nitrogens with one attached hydrogen (secondary N) is 1. The normalized spacial score (nSPS) is 20.5. The third-order valence-electron chi connectivity index (χ3n) is 8.93. The Hall–Kier alpha value is -4.46. The molecular weight excluding hydrogens is 612 g/mol. The monoisotopic (exact) mass is 646 g/mol. The lowest BCUT2D eigenvalue weighted by Crippen LogP contribution is -2.56. The number of benzene rings is 2. The zero-order valence-corrected chi connectivity index (χ0v) is 25.4. The van der Waals surface area contributed by atoms with E-state index in [-0.39, 0.29) is 48.6 Å². The summed E-state index contributed by atoms with van der Waals surface area (Å²) in [5.41, 5.74) is 3.25. The van der Waals surface area contributed by atoms with Crippen molar-refractivity contribution in [2.45, 2.75) is 44.7 Å². The molecule has 0 aromatic heterocycles. The second kappa shape index (κ2) is 13.1. The molecule has 0 aliphatic carbocycles. The third-order valence-corrected chi connectivity index (χ3v) is 8.93. The van der Waals surface area contributed by atoms with E-state index in [0.29, 0.717) is 36.1 Å². The maximum atomic E-state index is 15.0. The number of alkyl halides is 3. The van der Waals surface area contributed by atoms with E-state index in [0.717, 1.165) is 24.5 Å². The summed E-state index contributed by atoms with van der Waals surface area (Å²) in [7, 11) is 0. The van der Waals surface area contributed by atoms with E-state index in [1.807, 2.05) is 30.3 Å². The summed E-state index contributed by atoms with van der Waals surface area (Å²) in [5.74, 6) is -5.83. The van der Waals surface area contributed by atoms with Crippen LogP contribution in [0.2, 0.25) is 0 Å². The molecule has 1 N–H and O–H groups in total. The minimum atomic E-state index is -5.32. The van der Waals surface area contributed by atoms with Crippen LogP contribution in [0.3, 0.4) is 0 Å².